The molecule has 1 atom stereocenters. The van der Waals surface area contributed by atoms with Crippen molar-refractivity contribution in [3.63, 3.8) is 0 Å². The van der Waals surface area contributed by atoms with Gasteiger partial charge in [0.15, 0.2) is 0 Å². The van der Waals surface area contributed by atoms with Gasteiger partial charge in [-0.2, -0.15) is 4.39 Å². The van der Waals surface area contributed by atoms with E-state index in [1.165, 1.54) is 6.07 Å². The van der Waals surface area contributed by atoms with Gasteiger partial charge in [0.25, 0.3) is 0 Å². The molecule has 0 heterocycles. The second-order valence-electron chi connectivity index (χ2n) is 3.15. The molecule has 0 bridgehead atoms. The molecule has 0 saturated heterocycles. The Morgan fingerprint density at radius 3 is 2.73 bits per heavy atom. The Hall–Kier alpha value is -1.53. The van der Waals surface area contributed by atoms with Crippen molar-refractivity contribution in [2.75, 3.05) is 6.54 Å². The topological polar surface area (TPSA) is 95.2 Å². The first kappa shape index (κ1) is 11.5. The highest BCUT2D eigenvalue weighted by Crippen LogP contribution is 2.22. The Kier molecular flexibility index (Phi) is 3.70. The number of rotatable bonds is 4. The summed E-state index contributed by atoms with van der Waals surface area (Å²) in [6.07, 6.45) is 0.503. The number of nitrogens with zero attached hydrogens (tertiary/aromatic N) is 1. The van der Waals surface area contributed by atoms with Crippen LogP contribution >= 0.6 is 0 Å². The van der Waals surface area contributed by atoms with E-state index < -0.39 is 22.5 Å². The highest BCUT2D eigenvalue weighted by Gasteiger charge is 2.16. The molecule has 0 aliphatic rings. The van der Waals surface area contributed by atoms with Crippen LogP contribution in [0.4, 0.5) is 10.1 Å². The van der Waals surface area contributed by atoms with Crippen molar-refractivity contribution in [1.82, 2.24) is 0 Å². The molecule has 82 valence electrons. The Bertz CT molecular complexity index is 370. The van der Waals surface area contributed by atoms with Crippen LogP contribution in [0.5, 0.6) is 0 Å². The zero-order chi connectivity index (χ0) is 11.4. The van der Waals surface area contributed by atoms with E-state index in [-0.39, 0.29) is 0 Å². The van der Waals surface area contributed by atoms with Crippen molar-refractivity contribution in [2.24, 2.45) is 11.5 Å². The maximum absolute atomic E-state index is 13.0. The second-order valence-corrected chi connectivity index (χ2v) is 3.15. The summed E-state index contributed by atoms with van der Waals surface area (Å²) >= 11 is 0. The number of halogens is 1. The van der Waals surface area contributed by atoms with Gasteiger partial charge in [0.2, 0.25) is 5.82 Å². The zero-order valence-electron chi connectivity index (χ0n) is 8.02. The van der Waals surface area contributed by atoms with Crippen LogP contribution in [0.15, 0.2) is 18.2 Å². The molecule has 1 aromatic rings. The lowest BCUT2D eigenvalue weighted by atomic mass is 10.0. The van der Waals surface area contributed by atoms with Crippen LogP contribution in [0, 0.1) is 15.9 Å². The summed E-state index contributed by atoms with van der Waals surface area (Å²) < 4.78 is 13.0. The van der Waals surface area contributed by atoms with Crippen molar-refractivity contribution in [1.29, 1.82) is 0 Å². The fourth-order valence-corrected chi connectivity index (χ4v) is 1.25. The SMILES string of the molecule is NCC[C@H](N)c1ccc(F)c([N+](=O)[O-])c1. The van der Waals surface area contributed by atoms with Gasteiger partial charge in [-0.05, 0) is 24.6 Å². The molecule has 0 radical (unpaired) electrons. The predicted molar refractivity (Wildman–Crippen MR) is 53.7 cm³/mol. The van der Waals surface area contributed by atoms with Crippen molar-refractivity contribution < 1.29 is 9.31 Å². The molecule has 0 aliphatic carbocycles. The molecule has 1 rings (SSSR count). The number of hydrogen-bond donors (Lipinski definition) is 2. The van der Waals surface area contributed by atoms with Gasteiger partial charge in [0, 0.05) is 12.1 Å². The molecule has 6 heteroatoms. The Morgan fingerprint density at radius 2 is 2.20 bits per heavy atom. The summed E-state index contributed by atoms with van der Waals surface area (Å²) in [6, 6.07) is 3.23. The van der Waals surface area contributed by atoms with Crippen LogP contribution < -0.4 is 11.5 Å². The third-order valence-corrected chi connectivity index (χ3v) is 2.07. The summed E-state index contributed by atoms with van der Waals surface area (Å²) in [7, 11) is 0. The molecule has 0 amide bonds. The first-order chi connectivity index (χ1) is 7.06. The maximum atomic E-state index is 13.0. The average Bonchev–Trinajstić information content (AvgIpc) is 2.18. The van der Waals surface area contributed by atoms with Crippen molar-refractivity contribution in [3.8, 4) is 0 Å². The van der Waals surface area contributed by atoms with Gasteiger partial charge < -0.3 is 11.5 Å². The highest BCUT2D eigenvalue weighted by atomic mass is 19.1. The van der Waals surface area contributed by atoms with Crippen LogP contribution in [0.1, 0.15) is 18.0 Å². The minimum Gasteiger partial charge on any atom is -0.330 e. The first-order valence-electron chi connectivity index (χ1n) is 4.45. The highest BCUT2D eigenvalue weighted by molar-refractivity contribution is 5.37. The van der Waals surface area contributed by atoms with Crippen LogP contribution in [0.25, 0.3) is 0 Å². The Morgan fingerprint density at radius 1 is 1.53 bits per heavy atom. The summed E-state index contributed by atoms with van der Waals surface area (Å²) in [5.74, 6) is -0.858. The Labute approximate surface area is 86.0 Å². The predicted octanol–water partition coefficient (Wildman–Crippen LogP) is 1.08. The van der Waals surface area contributed by atoms with Crippen LogP contribution in [-0.4, -0.2) is 11.5 Å². The monoisotopic (exact) mass is 213 g/mol. The Balaban J connectivity index is 3.02. The van der Waals surface area contributed by atoms with E-state index in [1.807, 2.05) is 0 Å². The van der Waals surface area contributed by atoms with Crippen LogP contribution in [0.3, 0.4) is 0 Å². The molecule has 0 aromatic heterocycles. The van der Waals surface area contributed by atoms with Gasteiger partial charge in [0.05, 0.1) is 4.92 Å². The minimum atomic E-state index is -0.858. The fraction of sp³-hybridized carbons (Fsp3) is 0.333. The largest absolute Gasteiger partial charge is 0.330 e. The van der Waals surface area contributed by atoms with E-state index in [0.717, 1.165) is 12.1 Å². The molecule has 15 heavy (non-hydrogen) atoms. The number of benzene rings is 1. The molecule has 0 fully saturated rings. The van der Waals surface area contributed by atoms with E-state index in [1.54, 1.807) is 0 Å². The van der Waals surface area contributed by atoms with E-state index in [2.05, 4.69) is 0 Å². The maximum Gasteiger partial charge on any atom is 0.305 e. The number of nitro benzene ring substituents is 1. The molecule has 1 aromatic carbocycles. The van der Waals surface area contributed by atoms with E-state index in [9.17, 15) is 14.5 Å². The van der Waals surface area contributed by atoms with Gasteiger partial charge in [0.1, 0.15) is 0 Å². The summed E-state index contributed by atoms with van der Waals surface area (Å²) in [6.45, 7) is 0.381. The van der Waals surface area contributed by atoms with Crippen molar-refractivity contribution in [2.45, 2.75) is 12.5 Å². The third kappa shape index (κ3) is 2.71. The first-order valence-corrected chi connectivity index (χ1v) is 4.45. The van der Waals surface area contributed by atoms with Gasteiger partial charge in [-0.15, -0.1) is 0 Å². The summed E-state index contributed by atoms with van der Waals surface area (Å²) in [5, 5.41) is 10.5. The molecule has 5 nitrogen and oxygen atoms in total. The van der Waals surface area contributed by atoms with Crippen molar-refractivity contribution >= 4 is 5.69 Å². The van der Waals surface area contributed by atoms with Crippen LogP contribution in [-0.2, 0) is 0 Å². The molecular formula is C9H12FN3O2. The zero-order valence-corrected chi connectivity index (χ0v) is 8.02. The van der Waals surface area contributed by atoms with Gasteiger partial charge >= 0.3 is 5.69 Å². The van der Waals surface area contributed by atoms with Gasteiger partial charge in [-0.3, -0.25) is 10.1 Å². The van der Waals surface area contributed by atoms with Gasteiger partial charge in [-0.1, -0.05) is 6.07 Å². The lowest BCUT2D eigenvalue weighted by Gasteiger charge is -2.10. The summed E-state index contributed by atoms with van der Waals surface area (Å²) in [5.41, 5.74) is 11.0. The number of hydrogen-bond acceptors (Lipinski definition) is 4. The minimum absolute atomic E-state index is 0.381. The molecular weight excluding hydrogens is 201 g/mol. The normalized spacial score (nSPS) is 12.5. The second kappa shape index (κ2) is 4.81. The van der Waals surface area contributed by atoms with Gasteiger partial charge in [-0.25, -0.2) is 0 Å². The standard InChI is InChI=1S/C9H12FN3O2/c10-7-2-1-6(8(12)3-4-11)5-9(7)13(14)15/h1-2,5,8H,3-4,11-12H2/t8-/m0/s1. The van der Waals surface area contributed by atoms with E-state index in [4.69, 9.17) is 11.5 Å². The quantitative estimate of drug-likeness (QED) is 0.577. The molecule has 0 spiro atoms. The lowest BCUT2D eigenvalue weighted by molar-refractivity contribution is -0.387. The smallest absolute Gasteiger partial charge is 0.305 e. The average molecular weight is 213 g/mol. The molecule has 0 aliphatic heterocycles. The number of nitro groups is 1. The summed E-state index contributed by atoms with van der Waals surface area (Å²) in [4.78, 5) is 9.68. The lowest BCUT2D eigenvalue weighted by Crippen LogP contribution is -2.15. The third-order valence-electron chi connectivity index (χ3n) is 2.07. The molecule has 0 saturated carbocycles. The van der Waals surface area contributed by atoms with E-state index >= 15 is 0 Å². The fourth-order valence-electron chi connectivity index (χ4n) is 1.25. The molecule has 0 unspecified atom stereocenters. The molecule has 4 N–H and O–H groups in total. The number of nitrogens with two attached hydrogens (primary N) is 2. The van der Waals surface area contributed by atoms with E-state index in [0.29, 0.717) is 18.5 Å². The van der Waals surface area contributed by atoms with Crippen LogP contribution in [0.2, 0.25) is 0 Å². The van der Waals surface area contributed by atoms with Crippen molar-refractivity contribution in [3.05, 3.63) is 39.7 Å².